The summed E-state index contributed by atoms with van der Waals surface area (Å²) >= 11 is 0. The van der Waals surface area contributed by atoms with Gasteiger partial charge in [-0.15, -0.1) is 0 Å². The highest BCUT2D eigenvalue weighted by Crippen LogP contribution is 2.23. The van der Waals surface area contributed by atoms with Crippen LogP contribution in [0.5, 0.6) is 0 Å². The number of aryl methyl sites for hydroxylation is 2. The second-order valence-corrected chi connectivity index (χ2v) is 5.97. The zero-order valence-corrected chi connectivity index (χ0v) is 13.9. The van der Waals surface area contributed by atoms with E-state index in [4.69, 9.17) is 4.42 Å². The van der Waals surface area contributed by atoms with E-state index in [0.29, 0.717) is 17.3 Å². The van der Waals surface area contributed by atoms with E-state index in [1.807, 2.05) is 18.1 Å². The fraction of sp³-hybridized carbons (Fsp3) is 0.562. The van der Waals surface area contributed by atoms with Gasteiger partial charge in [-0.2, -0.15) is 5.10 Å². The molecule has 0 aliphatic carbocycles. The molecule has 0 spiro atoms. The molecule has 2 aromatic heterocycles. The van der Waals surface area contributed by atoms with Crippen molar-refractivity contribution in [3.8, 4) is 11.5 Å². The van der Waals surface area contributed by atoms with Gasteiger partial charge >= 0.3 is 0 Å². The average Bonchev–Trinajstić information content (AvgIpc) is 3.24. The highest BCUT2D eigenvalue weighted by atomic mass is 16.4. The molecule has 1 unspecified atom stereocenters. The molecule has 1 saturated heterocycles. The molecule has 0 bridgehead atoms. The number of oxazole rings is 1. The van der Waals surface area contributed by atoms with Crippen LogP contribution in [0.25, 0.3) is 11.5 Å². The molecule has 1 aliphatic rings. The predicted molar refractivity (Wildman–Crippen MR) is 86.0 cm³/mol. The highest BCUT2D eigenvalue weighted by molar-refractivity contribution is 5.94. The van der Waals surface area contributed by atoms with Crippen LogP contribution in [-0.2, 0) is 7.05 Å². The first-order valence-electron chi connectivity index (χ1n) is 8.08. The van der Waals surface area contributed by atoms with Gasteiger partial charge in [0.05, 0.1) is 11.8 Å². The van der Waals surface area contributed by atoms with Crippen molar-refractivity contribution < 1.29 is 9.21 Å². The minimum absolute atomic E-state index is 0.0445. The van der Waals surface area contributed by atoms with E-state index in [2.05, 4.69) is 22.3 Å². The normalized spacial score (nSPS) is 17.6. The molecule has 1 fully saturated rings. The topological polar surface area (TPSA) is 76.2 Å². The third-order valence-corrected chi connectivity index (χ3v) is 4.15. The highest BCUT2D eigenvalue weighted by Gasteiger charge is 2.30. The summed E-state index contributed by atoms with van der Waals surface area (Å²) in [7, 11) is 1.83. The summed E-state index contributed by atoms with van der Waals surface area (Å²) in [5.74, 6) is 0.956. The van der Waals surface area contributed by atoms with Crippen LogP contribution in [0.15, 0.2) is 16.8 Å². The maximum Gasteiger partial charge on any atom is 0.276 e. The minimum atomic E-state index is -0.0445. The molecule has 0 aromatic carbocycles. The van der Waals surface area contributed by atoms with E-state index in [1.165, 1.54) is 0 Å². The standard InChI is InChI=1S/C16H23N5O2/c1-4-7-21(13-5-6-17-9-13)16(22)14-11(2)23-15(19-14)12-8-18-20(3)10-12/h8,10,13,17H,4-7,9H2,1-3H3. The van der Waals surface area contributed by atoms with Crippen molar-refractivity contribution in [2.45, 2.75) is 32.7 Å². The van der Waals surface area contributed by atoms with Crippen molar-refractivity contribution in [3.05, 3.63) is 23.8 Å². The lowest BCUT2D eigenvalue weighted by Gasteiger charge is -2.27. The lowest BCUT2D eigenvalue weighted by atomic mass is 10.2. The van der Waals surface area contributed by atoms with Crippen LogP contribution in [-0.4, -0.2) is 51.2 Å². The first kappa shape index (κ1) is 15.7. The molecule has 23 heavy (non-hydrogen) atoms. The zero-order chi connectivity index (χ0) is 16.4. The zero-order valence-electron chi connectivity index (χ0n) is 13.9. The molecular formula is C16H23N5O2. The summed E-state index contributed by atoms with van der Waals surface area (Å²) in [5, 5.41) is 7.43. The van der Waals surface area contributed by atoms with E-state index in [-0.39, 0.29) is 11.9 Å². The fourth-order valence-electron chi connectivity index (χ4n) is 2.98. The summed E-state index contributed by atoms with van der Waals surface area (Å²) in [4.78, 5) is 19.3. The molecule has 3 heterocycles. The van der Waals surface area contributed by atoms with Crippen molar-refractivity contribution in [1.82, 2.24) is 25.0 Å². The van der Waals surface area contributed by atoms with E-state index >= 15 is 0 Å². The lowest BCUT2D eigenvalue weighted by molar-refractivity contribution is 0.0685. The van der Waals surface area contributed by atoms with Crippen molar-refractivity contribution >= 4 is 5.91 Å². The summed E-state index contributed by atoms with van der Waals surface area (Å²) in [6, 6.07) is 0.236. The van der Waals surface area contributed by atoms with Crippen LogP contribution in [0, 0.1) is 6.92 Å². The van der Waals surface area contributed by atoms with Crippen LogP contribution in [0.1, 0.15) is 36.0 Å². The fourth-order valence-corrected chi connectivity index (χ4v) is 2.98. The van der Waals surface area contributed by atoms with E-state index in [1.54, 1.807) is 17.8 Å². The van der Waals surface area contributed by atoms with Gasteiger partial charge < -0.3 is 14.6 Å². The molecule has 0 radical (unpaired) electrons. The second-order valence-electron chi connectivity index (χ2n) is 5.97. The largest absolute Gasteiger partial charge is 0.440 e. The Balaban J connectivity index is 1.87. The van der Waals surface area contributed by atoms with Gasteiger partial charge in [0, 0.05) is 32.4 Å². The van der Waals surface area contributed by atoms with Gasteiger partial charge in [-0.05, 0) is 26.3 Å². The molecule has 2 aromatic rings. The third-order valence-electron chi connectivity index (χ3n) is 4.15. The molecule has 1 aliphatic heterocycles. The number of rotatable bonds is 5. The molecule has 0 saturated carbocycles. The Morgan fingerprint density at radius 2 is 2.39 bits per heavy atom. The van der Waals surface area contributed by atoms with Gasteiger partial charge in [0.2, 0.25) is 5.89 Å². The summed E-state index contributed by atoms with van der Waals surface area (Å²) in [5.41, 5.74) is 1.18. The van der Waals surface area contributed by atoms with Crippen LogP contribution < -0.4 is 5.32 Å². The van der Waals surface area contributed by atoms with Crippen molar-refractivity contribution in [2.24, 2.45) is 7.05 Å². The number of hydrogen-bond acceptors (Lipinski definition) is 5. The lowest BCUT2D eigenvalue weighted by Crippen LogP contribution is -2.42. The Hall–Kier alpha value is -2.15. The predicted octanol–water partition coefficient (Wildman–Crippen LogP) is 1.60. The van der Waals surface area contributed by atoms with E-state index < -0.39 is 0 Å². The van der Waals surface area contributed by atoms with Gasteiger partial charge in [0.15, 0.2) is 5.69 Å². The van der Waals surface area contributed by atoms with Crippen LogP contribution in [0.4, 0.5) is 0 Å². The van der Waals surface area contributed by atoms with E-state index in [0.717, 1.165) is 38.0 Å². The van der Waals surface area contributed by atoms with Gasteiger partial charge in [-0.1, -0.05) is 6.92 Å². The van der Waals surface area contributed by atoms with Crippen molar-refractivity contribution in [3.63, 3.8) is 0 Å². The van der Waals surface area contributed by atoms with Gasteiger partial charge in [-0.25, -0.2) is 4.98 Å². The third kappa shape index (κ3) is 3.14. The molecule has 1 atom stereocenters. The quantitative estimate of drug-likeness (QED) is 0.906. The monoisotopic (exact) mass is 317 g/mol. The Morgan fingerprint density at radius 1 is 1.57 bits per heavy atom. The van der Waals surface area contributed by atoms with Crippen LogP contribution in [0.2, 0.25) is 0 Å². The number of hydrogen-bond donors (Lipinski definition) is 1. The summed E-state index contributed by atoms with van der Waals surface area (Å²) in [6.45, 7) is 6.41. The Bertz CT molecular complexity index is 684. The molecule has 124 valence electrons. The maximum atomic E-state index is 12.9. The smallest absolute Gasteiger partial charge is 0.276 e. The number of carbonyl (C=O) groups is 1. The summed E-state index contributed by atoms with van der Waals surface area (Å²) < 4.78 is 7.38. The van der Waals surface area contributed by atoms with Crippen LogP contribution >= 0.6 is 0 Å². The van der Waals surface area contributed by atoms with Crippen molar-refractivity contribution in [2.75, 3.05) is 19.6 Å². The Labute approximate surface area is 135 Å². The number of nitrogens with zero attached hydrogens (tertiary/aromatic N) is 4. The Morgan fingerprint density at radius 3 is 3.00 bits per heavy atom. The summed E-state index contributed by atoms with van der Waals surface area (Å²) in [6.07, 6.45) is 5.42. The molecule has 1 N–H and O–H groups in total. The van der Waals surface area contributed by atoms with Crippen LogP contribution in [0.3, 0.4) is 0 Å². The number of carbonyl (C=O) groups excluding carboxylic acids is 1. The molecule has 7 nitrogen and oxygen atoms in total. The first-order chi connectivity index (χ1) is 11.1. The van der Waals surface area contributed by atoms with Gasteiger partial charge in [-0.3, -0.25) is 9.48 Å². The maximum absolute atomic E-state index is 12.9. The first-order valence-corrected chi connectivity index (χ1v) is 8.08. The minimum Gasteiger partial charge on any atom is -0.440 e. The molecule has 3 rings (SSSR count). The Kier molecular flexibility index (Phi) is 4.47. The molecular weight excluding hydrogens is 294 g/mol. The van der Waals surface area contributed by atoms with E-state index in [9.17, 15) is 4.79 Å². The average molecular weight is 317 g/mol. The number of nitrogens with one attached hydrogen (secondary N) is 1. The molecule has 1 amide bonds. The van der Waals surface area contributed by atoms with Gasteiger partial charge in [0.25, 0.3) is 5.91 Å². The molecule has 7 heteroatoms. The van der Waals surface area contributed by atoms with Gasteiger partial charge in [0.1, 0.15) is 5.76 Å². The van der Waals surface area contributed by atoms with Crippen molar-refractivity contribution in [1.29, 1.82) is 0 Å². The second kappa shape index (κ2) is 6.54. The number of aromatic nitrogens is 3. The number of amides is 1. The SMILES string of the molecule is CCCN(C(=O)c1nc(-c2cnn(C)c2)oc1C)C1CCNC1.